The number of nitrogens with one attached hydrogen (secondary N) is 1. The fourth-order valence-corrected chi connectivity index (χ4v) is 1.78. The molecular formula is C13H15F3N4. The van der Waals surface area contributed by atoms with Gasteiger partial charge in [-0.2, -0.15) is 13.2 Å². The standard InChI is InChI=1S/C13H15F3N4/c1-20-9-18-19-12(20)6-7-17-8-10-2-4-11(5-3-10)13(14,15)16/h2-5,9,17H,6-8H2,1H3. The highest BCUT2D eigenvalue weighted by molar-refractivity contribution is 5.24. The van der Waals surface area contributed by atoms with Crippen molar-refractivity contribution in [3.63, 3.8) is 0 Å². The summed E-state index contributed by atoms with van der Waals surface area (Å²) in [4.78, 5) is 0. The summed E-state index contributed by atoms with van der Waals surface area (Å²) >= 11 is 0. The van der Waals surface area contributed by atoms with Gasteiger partial charge in [0.1, 0.15) is 12.2 Å². The fraction of sp³-hybridized carbons (Fsp3) is 0.385. The molecule has 0 aliphatic carbocycles. The average Bonchev–Trinajstić information content (AvgIpc) is 2.80. The number of hydrogen-bond donors (Lipinski definition) is 1. The Hall–Kier alpha value is -1.89. The van der Waals surface area contributed by atoms with Gasteiger partial charge >= 0.3 is 6.18 Å². The van der Waals surface area contributed by atoms with Crippen LogP contribution in [0.4, 0.5) is 13.2 Å². The maximum absolute atomic E-state index is 12.4. The number of hydrogen-bond acceptors (Lipinski definition) is 3. The first-order chi connectivity index (χ1) is 9.47. The SMILES string of the molecule is Cn1cnnc1CCNCc1ccc(C(F)(F)F)cc1. The van der Waals surface area contributed by atoms with E-state index in [-0.39, 0.29) is 0 Å². The fourth-order valence-electron chi connectivity index (χ4n) is 1.78. The average molecular weight is 284 g/mol. The molecule has 108 valence electrons. The van der Waals surface area contributed by atoms with Crippen molar-refractivity contribution in [3.05, 3.63) is 47.5 Å². The molecule has 0 amide bonds. The van der Waals surface area contributed by atoms with Crippen LogP contribution in [0.3, 0.4) is 0 Å². The van der Waals surface area contributed by atoms with Gasteiger partial charge in [-0.15, -0.1) is 10.2 Å². The van der Waals surface area contributed by atoms with Crippen molar-refractivity contribution in [2.24, 2.45) is 7.05 Å². The van der Waals surface area contributed by atoms with Crippen LogP contribution in [0.15, 0.2) is 30.6 Å². The van der Waals surface area contributed by atoms with Crippen molar-refractivity contribution >= 4 is 0 Å². The van der Waals surface area contributed by atoms with Gasteiger partial charge in [-0.3, -0.25) is 0 Å². The van der Waals surface area contributed by atoms with Crippen molar-refractivity contribution < 1.29 is 13.2 Å². The Balaban J connectivity index is 1.78. The third kappa shape index (κ3) is 3.80. The van der Waals surface area contributed by atoms with Crippen molar-refractivity contribution in [3.8, 4) is 0 Å². The second-order valence-corrected chi connectivity index (χ2v) is 4.48. The molecule has 1 N–H and O–H groups in total. The number of alkyl halides is 3. The summed E-state index contributed by atoms with van der Waals surface area (Å²) in [6.45, 7) is 1.21. The minimum Gasteiger partial charge on any atom is -0.321 e. The predicted molar refractivity (Wildman–Crippen MR) is 67.9 cm³/mol. The highest BCUT2D eigenvalue weighted by atomic mass is 19.4. The summed E-state index contributed by atoms with van der Waals surface area (Å²) in [5.74, 6) is 0.866. The van der Waals surface area contributed by atoms with Gasteiger partial charge in [0, 0.05) is 26.6 Å². The molecule has 0 unspecified atom stereocenters. The van der Waals surface area contributed by atoms with E-state index in [1.54, 1.807) is 6.33 Å². The predicted octanol–water partition coefficient (Wildman–Crippen LogP) is 2.17. The molecule has 1 heterocycles. The van der Waals surface area contributed by atoms with Crippen LogP contribution < -0.4 is 5.32 Å². The quantitative estimate of drug-likeness (QED) is 0.856. The van der Waals surface area contributed by atoms with E-state index in [4.69, 9.17) is 0 Å². The van der Waals surface area contributed by atoms with Crippen LogP contribution in [0.5, 0.6) is 0 Å². The number of nitrogens with zero attached hydrogens (tertiary/aromatic N) is 3. The highest BCUT2D eigenvalue weighted by Gasteiger charge is 2.29. The van der Waals surface area contributed by atoms with Crippen LogP contribution in [-0.2, 0) is 26.2 Å². The summed E-state index contributed by atoms with van der Waals surface area (Å²) in [5.41, 5.74) is 0.191. The van der Waals surface area contributed by atoms with Crippen molar-refractivity contribution in [2.45, 2.75) is 19.1 Å². The number of rotatable bonds is 5. The van der Waals surface area contributed by atoms with Crippen LogP contribution in [0.2, 0.25) is 0 Å². The van der Waals surface area contributed by atoms with E-state index in [1.807, 2.05) is 11.6 Å². The number of aromatic nitrogens is 3. The Labute approximate surface area is 114 Å². The van der Waals surface area contributed by atoms with E-state index in [2.05, 4.69) is 15.5 Å². The van der Waals surface area contributed by atoms with Crippen molar-refractivity contribution in [2.75, 3.05) is 6.54 Å². The molecule has 7 heteroatoms. The molecule has 0 atom stereocenters. The second kappa shape index (κ2) is 6.04. The zero-order valence-electron chi connectivity index (χ0n) is 11.0. The summed E-state index contributed by atoms with van der Waals surface area (Å²) in [6, 6.07) is 5.16. The van der Waals surface area contributed by atoms with Crippen molar-refractivity contribution in [1.29, 1.82) is 0 Å². The third-order valence-corrected chi connectivity index (χ3v) is 2.94. The van der Waals surface area contributed by atoms with E-state index in [0.29, 0.717) is 13.1 Å². The van der Waals surface area contributed by atoms with E-state index in [0.717, 1.165) is 29.9 Å². The normalized spacial score (nSPS) is 11.8. The van der Waals surface area contributed by atoms with Crippen molar-refractivity contribution in [1.82, 2.24) is 20.1 Å². The lowest BCUT2D eigenvalue weighted by atomic mass is 10.1. The van der Waals surface area contributed by atoms with Crippen LogP contribution in [0.1, 0.15) is 17.0 Å². The van der Waals surface area contributed by atoms with Gasteiger partial charge in [-0.05, 0) is 17.7 Å². The molecule has 0 aliphatic heterocycles. The van der Waals surface area contributed by atoms with Gasteiger partial charge < -0.3 is 9.88 Å². The summed E-state index contributed by atoms with van der Waals surface area (Å²) in [7, 11) is 1.87. The molecule has 0 radical (unpaired) electrons. The minimum atomic E-state index is -4.28. The monoisotopic (exact) mass is 284 g/mol. The molecule has 2 aromatic rings. The molecule has 0 fully saturated rings. The lowest BCUT2D eigenvalue weighted by Crippen LogP contribution is -2.18. The molecule has 0 saturated carbocycles. The minimum absolute atomic E-state index is 0.524. The molecule has 1 aromatic carbocycles. The molecule has 1 aromatic heterocycles. The van der Waals surface area contributed by atoms with Crippen LogP contribution in [-0.4, -0.2) is 21.3 Å². The Morgan fingerprint density at radius 3 is 2.45 bits per heavy atom. The number of benzene rings is 1. The smallest absolute Gasteiger partial charge is 0.321 e. The molecule has 0 saturated heterocycles. The van der Waals surface area contributed by atoms with Crippen LogP contribution >= 0.6 is 0 Å². The largest absolute Gasteiger partial charge is 0.416 e. The third-order valence-electron chi connectivity index (χ3n) is 2.94. The molecule has 0 aliphatic rings. The molecule has 4 nitrogen and oxygen atoms in total. The molecule has 2 rings (SSSR count). The van der Waals surface area contributed by atoms with Crippen LogP contribution in [0.25, 0.3) is 0 Å². The van der Waals surface area contributed by atoms with Gasteiger partial charge in [-0.25, -0.2) is 0 Å². The van der Waals surface area contributed by atoms with Gasteiger partial charge in [0.05, 0.1) is 5.56 Å². The van der Waals surface area contributed by atoms with E-state index in [1.165, 1.54) is 12.1 Å². The second-order valence-electron chi connectivity index (χ2n) is 4.48. The highest BCUT2D eigenvalue weighted by Crippen LogP contribution is 2.28. The Morgan fingerprint density at radius 1 is 1.20 bits per heavy atom. The van der Waals surface area contributed by atoms with Gasteiger partial charge in [0.2, 0.25) is 0 Å². The van der Waals surface area contributed by atoms with Crippen LogP contribution in [0, 0.1) is 0 Å². The number of halogens is 3. The first-order valence-corrected chi connectivity index (χ1v) is 6.16. The summed E-state index contributed by atoms with van der Waals surface area (Å²) in [6.07, 6.45) is -1.93. The van der Waals surface area contributed by atoms with Gasteiger partial charge in [0.15, 0.2) is 0 Å². The molecule has 0 bridgehead atoms. The first-order valence-electron chi connectivity index (χ1n) is 6.16. The van der Waals surface area contributed by atoms with Gasteiger partial charge in [-0.1, -0.05) is 12.1 Å². The first kappa shape index (κ1) is 14.5. The molecule has 0 spiro atoms. The topological polar surface area (TPSA) is 42.7 Å². The van der Waals surface area contributed by atoms with Gasteiger partial charge in [0.25, 0.3) is 0 Å². The Kier molecular flexibility index (Phi) is 4.39. The summed E-state index contributed by atoms with van der Waals surface area (Å²) in [5, 5.41) is 10.9. The summed E-state index contributed by atoms with van der Waals surface area (Å²) < 4.78 is 39.0. The zero-order valence-corrected chi connectivity index (χ0v) is 11.0. The number of aryl methyl sites for hydroxylation is 1. The van der Waals surface area contributed by atoms with E-state index >= 15 is 0 Å². The zero-order chi connectivity index (χ0) is 14.6. The maximum Gasteiger partial charge on any atom is 0.416 e. The van der Waals surface area contributed by atoms with E-state index in [9.17, 15) is 13.2 Å². The van der Waals surface area contributed by atoms with E-state index < -0.39 is 11.7 Å². The molecular weight excluding hydrogens is 269 g/mol. The molecule has 20 heavy (non-hydrogen) atoms. The lowest BCUT2D eigenvalue weighted by molar-refractivity contribution is -0.137. The maximum atomic E-state index is 12.4. The lowest BCUT2D eigenvalue weighted by Gasteiger charge is -2.08. The Morgan fingerprint density at radius 2 is 1.90 bits per heavy atom. The Bertz CT molecular complexity index is 545.